The van der Waals surface area contributed by atoms with E-state index < -0.39 is 5.76 Å². The van der Waals surface area contributed by atoms with Gasteiger partial charge in [0, 0.05) is 11.6 Å². The van der Waals surface area contributed by atoms with Crippen LogP contribution in [0.15, 0.2) is 45.1 Å². The minimum absolute atomic E-state index is 0.0280. The molecule has 7 nitrogen and oxygen atoms in total. The van der Waals surface area contributed by atoms with E-state index in [1.807, 2.05) is 5.38 Å². The lowest BCUT2D eigenvalue weighted by Crippen LogP contribution is -2.57. The van der Waals surface area contributed by atoms with Gasteiger partial charge < -0.3 is 14.1 Å². The zero-order chi connectivity index (χ0) is 15.8. The van der Waals surface area contributed by atoms with E-state index in [-0.39, 0.29) is 18.6 Å². The summed E-state index contributed by atoms with van der Waals surface area (Å²) in [6.45, 7) is 0.978. The standard InChI is InChI=1S/C15H13N3O4S/c19-13(17-7-10(8-17)21-14-16-5-6-23-14)9-18-11-3-1-2-4-12(11)22-15(18)20/h1-6,10H,7-9H2. The number of para-hydroxylation sites is 2. The molecule has 8 heteroatoms. The highest BCUT2D eigenvalue weighted by atomic mass is 32.1. The van der Waals surface area contributed by atoms with Gasteiger partial charge in [0.25, 0.3) is 5.19 Å². The van der Waals surface area contributed by atoms with Crippen molar-refractivity contribution in [2.75, 3.05) is 13.1 Å². The number of carbonyl (C=O) groups excluding carboxylic acids is 1. The second-order valence-electron chi connectivity index (χ2n) is 5.26. The molecule has 0 aliphatic carbocycles. The molecule has 0 N–H and O–H groups in total. The van der Waals surface area contributed by atoms with Crippen LogP contribution in [0.4, 0.5) is 0 Å². The number of nitrogens with zero attached hydrogens (tertiary/aromatic N) is 3. The zero-order valence-electron chi connectivity index (χ0n) is 12.0. The SMILES string of the molecule is O=C(Cn1c(=O)oc2ccccc21)N1CC(Oc2nccs2)C1. The lowest BCUT2D eigenvalue weighted by atomic mass is 10.1. The molecule has 0 bridgehead atoms. The molecule has 1 aromatic carbocycles. The molecular weight excluding hydrogens is 318 g/mol. The van der Waals surface area contributed by atoms with E-state index in [1.165, 1.54) is 15.9 Å². The van der Waals surface area contributed by atoms with Crippen LogP contribution in [0.3, 0.4) is 0 Å². The average molecular weight is 331 g/mol. The molecule has 0 radical (unpaired) electrons. The van der Waals surface area contributed by atoms with Gasteiger partial charge in [-0.25, -0.2) is 9.78 Å². The summed E-state index contributed by atoms with van der Waals surface area (Å²) in [4.78, 5) is 29.9. The molecule has 0 saturated carbocycles. The van der Waals surface area contributed by atoms with Crippen LogP contribution in [0.5, 0.6) is 5.19 Å². The Kier molecular flexibility index (Phi) is 3.38. The fourth-order valence-electron chi connectivity index (χ4n) is 2.53. The zero-order valence-corrected chi connectivity index (χ0v) is 12.9. The molecule has 3 heterocycles. The number of carbonyl (C=O) groups is 1. The largest absolute Gasteiger partial charge is 0.463 e. The normalized spacial score (nSPS) is 14.9. The summed E-state index contributed by atoms with van der Waals surface area (Å²) < 4.78 is 12.1. The van der Waals surface area contributed by atoms with Crippen molar-refractivity contribution in [1.82, 2.24) is 14.5 Å². The van der Waals surface area contributed by atoms with Crippen LogP contribution in [0, 0.1) is 0 Å². The van der Waals surface area contributed by atoms with E-state index >= 15 is 0 Å². The fourth-order valence-corrected chi connectivity index (χ4v) is 3.08. The molecular formula is C15H13N3O4S. The predicted octanol–water partition coefficient (Wildman–Crippen LogP) is 1.34. The van der Waals surface area contributed by atoms with Crippen molar-refractivity contribution in [2.24, 2.45) is 0 Å². The molecule has 4 rings (SSSR count). The van der Waals surface area contributed by atoms with Gasteiger partial charge in [0.15, 0.2) is 5.58 Å². The van der Waals surface area contributed by atoms with Crippen LogP contribution in [-0.2, 0) is 11.3 Å². The first kappa shape index (κ1) is 14.0. The van der Waals surface area contributed by atoms with Crippen molar-refractivity contribution in [3.8, 4) is 5.19 Å². The minimum Gasteiger partial charge on any atom is -0.463 e. The van der Waals surface area contributed by atoms with Crippen molar-refractivity contribution in [2.45, 2.75) is 12.6 Å². The van der Waals surface area contributed by atoms with Crippen LogP contribution >= 0.6 is 11.3 Å². The van der Waals surface area contributed by atoms with Gasteiger partial charge in [0.1, 0.15) is 12.6 Å². The van der Waals surface area contributed by atoms with Crippen molar-refractivity contribution in [3.63, 3.8) is 0 Å². The van der Waals surface area contributed by atoms with E-state index in [0.717, 1.165) is 0 Å². The molecule has 1 aliphatic rings. The third kappa shape index (κ3) is 2.61. The highest BCUT2D eigenvalue weighted by Crippen LogP contribution is 2.20. The molecule has 2 aromatic heterocycles. The van der Waals surface area contributed by atoms with Gasteiger partial charge in [0.2, 0.25) is 5.91 Å². The summed E-state index contributed by atoms with van der Waals surface area (Å²) in [5.74, 6) is -0.645. The van der Waals surface area contributed by atoms with Crippen molar-refractivity contribution >= 4 is 28.3 Å². The second-order valence-corrected chi connectivity index (χ2v) is 6.12. The van der Waals surface area contributed by atoms with Crippen LogP contribution in [-0.4, -0.2) is 39.6 Å². The number of amides is 1. The molecule has 23 heavy (non-hydrogen) atoms. The number of oxazole rings is 1. The smallest absolute Gasteiger partial charge is 0.420 e. The number of ether oxygens (including phenoxy) is 1. The predicted molar refractivity (Wildman–Crippen MR) is 83.6 cm³/mol. The topological polar surface area (TPSA) is 77.6 Å². The number of rotatable bonds is 4. The Balaban J connectivity index is 1.41. The van der Waals surface area contributed by atoms with Gasteiger partial charge in [0.05, 0.1) is 18.6 Å². The van der Waals surface area contributed by atoms with E-state index in [2.05, 4.69) is 4.98 Å². The second kappa shape index (κ2) is 5.54. The maximum Gasteiger partial charge on any atom is 0.420 e. The van der Waals surface area contributed by atoms with E-state index in [0.29, 0.717) is 29.4 Å². The monoisotopic (exact) mass is 331 g/mol. The third-order valence-electron chi connectivity index (χ3n) is 3.74. The summed E-state index contributed by atoms with van der Waals surface area (Å²) in [5.41, 5.74) is 1.11. The molecule has 1 amide bonds. The van der Waals surface area contributed by atoms with Gasteiger partial charge in [-0.15, -0.1) is 0 Å². The van der Waals surface area contributed by atoms with Gasteiger partial charge in [-0.2, -0.15) is 0 Å². The first-order chi connectivity index (χ1) is 11.2. The lowest BCUT2D eigenvalue weighted by molar-refractivity contribution is -0.140. The molecule has 1 fully saturated rings. The van der Waals surface area contributed by atoms with Crippen LogP contribution < -0.4 is 10.5 Å². The third-order valence-corrected chi connectivity index (χ3v) is 4.41. The van der Waals surface area contributed by atoms with Crippen LogP contribution in [0.25, 0.3) is 11.1 Å². The number of thiazole rings is 1. The van der Waals surface area contributed by atoms with E-state index in [4.69, 9.17) is 9.15 Å². The molecule has 0 unspecified atom stereocenters. The minimum atomic E-state index is -0.518. The lowest BCUT2D eigenvalue weighted by Gasteiger charge is -2.38. The first-order valence-electron chi connectivity index (χ1n) is 7.13. The van der Waals surface area contributed by atoms with Crippen LogP contribution in [0.2, 0.25) is 0 Å². The van der Waals surface area contributed by atoms with Crippen molar-refractivity contribution in [1.29, 1.82) is 0 Å². The fraction of sp³-hybridized carbons (Fsp3) is 0.267. The van der Waals surface area contributed by atoms with E-state index in [1.54, 1.807) is 35.4 Å². The van der Waals surface area contributed by atoms with Crippen LogP contribution in [0.1, 0.15) is 0 Å². The summed E-state index contributed by atoms with van der Waals surface area (Å²) in [6, 6.07) is 7.06. The number of fused-ring (bicyclic) bond motifs is 1. The summed E-state index contributed by atoms with van der Waals surface area (Å²) in [7, 11) is 0. The van der Waals surface area contributed by atoms with Gasteiger partial charge >= 0.3 is 5.76 Å². The Hall–Kier alpha value is -2.61. The Morgan fingerprint density at radius 2 is 2.22 bits per heavy atom. The number of hydrogen-bond donors (Lipinski definition) is 0. The number of benzene rings is 1. The molecule has 3 aromatic rings. The first-order valence-corrected chi connectivity index (χ1v) is 8.01. The van der Waals surface area contributed by atoms with Gasteiger partial charge in [-0.1, -0.05) is 23.5 Å². The molecule has 1 aliphatic heterocycles. The maximum atomic E-state index is 12.3. The number of likely N-dealkylation sites (tertiary alicyclic amines) is 1. The van der Waals surface area contributed by atoms with Gasteiger partial charge in [-0.05, 0) is 12.1 Å². The Labute approximate surface area is 134 Å². The number of aromatic nitrogens is 2. The molecule has 1 saturated heterocycles. The summed E-state index contributed by atoms with van der Waals surface area (Å²) >= 11 is 1.42. The van der Waals surface area contributed by atoms with Crippen molar-refractivity contribution < 1.29 is 13.9 Å². The maximum absolute atomic E-state index is 12.3. The van der Waals surface area contributed by atoms with Crippen molar-refractivity contribution in [3.05, 3.63) is 46.4 Å². The highest BCUT2D eigenvalue weighted by Gasteiger charge is 2.33. The Bertz CT molecular complexity index is 893. The number of hydrogen-bond acceptors (Lipinski definition) is 6. The molecule has 0 spiro atoms. The van der Waals surface area contributed by atoms with E-state index in [9.17, 15) is 9.59 Å². The Morgan fingerprint density at radius 3 is 3.00 bits per heavy atom. The van der Waals surface area contributed by atoms with Gasteiger partial charge in [-0.3, -0.25) is 9.36 Å². The quantitative estimate of drug-likeness (QED) is 0.721. The summed E-state index contributed by atoms with van der Waals surface area (Å²) in [6.07, 6.45) is 1.64. The highest BCUT2D eigenvalue weighted by molar-refractivity contribution is 7.11. The Morgan fingerprint density at radius 1 is 1.39 bits per heavy atom. The summed E-state index contributed by atoms with van der Waals surface area (Å²) in [5, 5.41) is 2.45. The average Bonchev–Trinajstić information content (AvgIpc) is 3.11. The molecule has 0 atom stereocenters. The molecule has 118 valence electrons.